The monoisotopic (exact) mass is 439 g/mol. The van der Waals surface area contributed by atoms with Crippen LogP contribution in [-0.4, -0.2) is 25.2 Å². The number of ether oxygens (including phenoxy) is 1. The van der Waals surface area contributed by atoms with Crippen LogP contribution < -0.4 is 11.1 Å². The lowest BCUT2D eigenvalue weighted by atomic mass is 9.87. The van der Waals surface area contributed by atoms with Gasteiger partial charge in [0.1, 0.15) is 11.6 Å². The predicted octanol–water partition coefficient (Wildman–Crippen LogP) is 3.76. The molecular weight excluding hydrogens is 415 g/mol. The van der Waals surface area contributed by atoms with Gasteiger partial charge in [0.25, 0.3) is 0 Å². The van der Waals surface area contributed by atoms with Crippen LogP contribution in [0.2, 0.25) is 0 Å². The number of rotatable bonds is 4. The number of aliphatic imine (C=N–C) groups is 1. The zero-order valence-corrected chi connectivity index (χ0v) is 15.7. The van der Waals surface area contributed by atoms with Gasteiger partial charge in [-0.25, -0.2) is 8.78 Å². The van der Waals surface area contributed by atoms with Crippen molar-refractivity contribution in [2.45, 2.75) is 32.8 Å². The molecule has 0 spiro atoms. The van der Waals surface area contributed by atoms with Crippen molar-refractivity contribution in [3.8, 4) is 0 Å². The smallest absolute Gasteiger partial charge is 0.193 e. The van der Waals surface area contributed by atoms with Gasteiger partial charge in [0, 0.05) is 25.1 Å². The van der Waals surface area contributed by atoms with Crippen LogP contribution >= 0.6 is 24.0 Å². The van der Waals surface area contributed by atoms with Crippen LogP contribution in [0.4, 0.5) is 14.5 Å². The van der Waals surface area contributed by atoms with Crippen molar-refractivity contribution in [1.29, 1.82) is 0 Å². The third kappa shape index (κ3) is 5.87. The Bertz CT molecular complexity index is 540. The molecule has 2 unspecified atom stereocenters. The van der Waals surface area contributed by atoms with Gasteiger partial charge < -0.3 is 15.8 Å². The minimum absolute atomic E-state index is 0. The van der Waals surface area contributed by atoms with E-state index in [4.69, 9.17) is 10.5 Å². The lowest BCUT2D eigenvalue weighted by molar-refractivity contribution is -0.0491. The second-order valence-corrected chi connectivity index (χ2v) is 5.96. The first kappa shape index (κ1) is 20.1. The number of nitrogens with zero attached hydrogens (tertiary/aromatic N) is 1. The largest absolute Gasteiger partial charge is 0.378 e. The molecule has 0 radical (unpaired) electrons. The molecule has 1 aromatic carbocycles. The minimum Gasteiger partial charge on any atom is -0.378 e. The summed E-state index contributed by atoms with van der Waals surface area (Å²) in [6.45, 7) is 5.54. The Morgan fingerprint density at radius 2 is 2.17 bits per heavy atom. The number of halogens is 3. The molecule has 23 heavy (non-hydrogen) atoms. The molecule has 4 nitrogen and oxygen atoms in total. The molecule has 130 valence electrons. The molecule has 1 heterocycles. The van der Waals surface area contributed by atoms with Crippen LogP contribution in [0.3, 0.4) is 0 Å². The van der Waals surface area contributed by atoms with Gasteiger partial charge in [0.2, 0.25) is 0 Å². The Morgan fingerprint density at radius 3 is 2.87 bits per heavy atom. The van der Waals surface area contributed by atoms with Crippen molar-refractivity contribution in [2.24, 2.45) is 22.6 Å². The van der Waals surface area contributed by atoms with Crippen molar-refractivity contribution in [2.75, 3.05) is 18.5 Å². The molecule has 0 saturated carbocycles. The van der Waals surface area contributed by atoms with Crippen LogP contribution in [0, 0.1) is 23.5 Å². The molecule has 1 aliphatic rings. The molecular formula is C16H24F2IN3O. The number of benzene rings is 1. The molecule has 0 aliphatic carbocycles. The number of hydrogen-bond acceptors (Lipinski definition) is 2. The van der Waals surface area contributed by atoms with E-state index in [-0.39, 0.29) is 41.7 Å². The van der Waals surface area contributed by atoms with E-state index in [0.717, 1.165) is 37.6 Å². The van der Waals surface area contributed by atoms with Gasteiger partial charge in [-0.15, -0.1) is 24.0 Å². The molecule has 1 saturated heterocycles. The SMILES string of the molecule is CC(C)C1OCCCC1CN=C(N)Nc1cc(F)ccc1F.I. The first-order valence-electron chi connectivity index (χ1n) is 7.61. The van der Waals surface area contributed by atoms with Crippen molar-refractivity contribution >= 4 is 35.6 Å². The summed E-state index contributed by atoms with van der Waals surface area (Å²) in [6, 6.07) is 3.16. The molecule has 7 heteroatoms. The van der Waals surface area contributed by atoms with E-state index in [1.54, 1.807) is 0 Å². The number of guanidine groups is 1. The van der Waals surface area contributed by atoms with Gasteiger partial charge >= 0.3 is 0 Å². The second kappa shape index (κ2) is 9.36. The second-order valence-electron chi connectivity index (χ2n) is 5.96. The van der Waals surface area contributed by atoms with Gasteiger partial charge in [-0.3, -0.25) is 4.99 Å². The molecule has 1 aliphatic heterocycles. The fourth-order valence-corrected chi connectivity index (χ4v) is 2.78. The summed E-state index contributed by atoms with van der Waals surface area (Å²) in [5, 5.41) is 2.61. The molecule has 0 bridgehead atoms. The van der Waals surface area contributed by atoms with E-state index < -0.39 is 11.6 Å². The minimum atomic E-state index is -0.569. The maximum atomic E-state index is 13.5. The molecule has 1 fully saturated rings. The number of hydrogen-bond donors (Lipinski definition) is 2. The van der Waals surface area contributed by atoms with Crippen molar-refractivity contribution < 1.29 is 13.5 Å². The highest BCUT2D eigenvalue weighted by Crippen LogP contribution is 2.26. The Balaban J connectivity index is 0.00000264. The fraction of sp³-hybridized carbons (Fsp3) is 0.562. The highest BCUT2D eigenvalue weighted by atomic mass is 127. The molecule has 2 rings (SSSR count). The van der Waals surface area contributed by atoms with Gasteiger partial charge in [0.05, 0.1) is 11.8 Å². The van der Waals surface area contributed by atoms with Crippen molar-refractivity contribution in [1.82, 2.24) is 0 Å². The van der Waals surface area contributed by atoms with Crippen molar-refractivity contribution in [3.63, 3.8) is 0 Å². The summed E-state index contributed by atoms with van der Waals surface area (Å²) in [5.74, 6) is -0.308. The Kier molecular flexibility index (Phi) is 8.18. The highest BCUT2D eigenvalue weighted by molar-refractivity contribution is 14.0. The van der Waals surface area contributed by atoms with E-state index in [0.29, 0.717) is 18.4 Å². The van der Waals surface area contributed by atoms with Crippen LogP contribution in [0.1, 0.15) is 26.7 Å². The fourth-order valence-electron chi connectivity index (χ4n) is 2.78. The Hall–Kier alpha value is -0.960. The molecule has 0 aromatic heterocycles. The van der Waals surface area contributed by atoms with Crippen LogP contribution in [0.25, 0.3) is 0 Å². The molecule has 1 aromatic rings. The lowest BCUT2D eigenvalue weighted by Crippen LogP contribution is -2.36. The highest BCUT2D eigenvalue weighted by Gasteiger charge is 2.28. The zero-order chi connectivity index (χ0) is 16.1. The summed E-state index contributed by atoms with van der Waals surface area (Å²) in [4.78, 5) is 4.26. The van der Waals surface area contributed by atoms with Gasteiger partial charge in [0.15, 0.2) is 5.96 Å². The topological polar surface area (TPSA) is 59.6 Å². The number of nitrogens with one attached hydrogen (secondary N) is 1. The van der Waals surface area contributed by atoms with Crippen molar-refractivity contribution in [3.05, 3.63) is 29.8 Å². The average Bonchev–Trinajstić information content (AvgIpc) is 2.49. The summed E-state index contributed by atoms with van der Waals surface area (Å²) < 4.78 is 32.4. The van der Waals surface area contributed by atoms with Crippen LogP contribution in [0.15, 0.2) is 23.2 Å². The first-order chi connectivity index (χ1) is 10.5. The van der Waals surface area contributed by atoms with Gasteiger partial charge in [-0.1, -0.05) is 13.8 Å². The summed E-state index contributed by atoms with van der Waals surface area (Å²) in [7, 11) is 0. The average molecular weight is 439 g/mol. The van der Waals surface area contributed by atoms with Crippen LogP contribution in [-0.2, 0) is 4.74 Å². The van der Waals surface area contributed by atoms with E-state index in [2.05, 4.69) is 24.2 Å². The number of nitrogens with two attached hydrogens (primary N) is 1. The number of anilines is 1. The maximum Gasteiger partial charge on any atom is 0.193 e. The Labute approximate surface area is 152 Å². The molecule has 3 N–H and O–H groups in total. The van der Waals surface area contributed by atoms with Crippen LogP contribution in [0.5, 0.6) is 0 Å². The Morgan fingerprint density at radius 1 is 1.43 bits per heavy atom. The van der Waals surface area contributed by atoms with E-state index in [1.807, 2.05) is 0 Å². The third-order valence-electron chi connectivity index (χ3n) is 3.84. The van der Waals surface area contributed by atoms with Gasteiger partial charge in [-0.05, 0) is 30.9 Å². The first-order valence-corrected chi connectivity index (χ1v) is 7.61. The summed E-state index contributed by atoms with van der Waals surface area (Å²) >= 11 is 0. The normalized spacial score (nSPS) is 21.9. The van der Waals surface area contributed by atoms with E-state index >= 15 is 0 Å². The van der Waals surface area contributed by atoms with Gasteiger partial charge in [-0.2, -0.15) is 0 Å². The molecule has 0 amide bonds. The van der Waals surface area contributed by atoms with E-state index in [1.165, 1.54) is 0 Å². The third-order valence-corrected chi connectivity index (χ3v) is 3.84. The van der Waals surface area contributed by atoms with E-state index in [9.17, 15) is 8.78 Å². The quantitative estimate of drug-likeness (QED) is 0.427. The summed E-state index contributed by atoms with van der Waals surface area (Å²) in [6.07, 6.45) is 2.21. The predicted molar refractivity (Wildman–Crippen MR) is 99.2 cm³/mol. The summed E-state index contributed by atoms with van der Waals surface area (Å²) in [5.41, 5.74) is 5.76. The maximum absolute atomic E-state index is 13.5. The lowest BCUT2D eigenvalue weighted by Gasteiger charge is -2.33. The standard InChI is InChI=1S/C16H23F2N3O.HI/c1-10(2)15-11(4-3-7-22-15)9-20-16(19)21-14-8-12(17)5-6-13(14)18;/h5-6,8,10-11,15H,3-4,7,9H2,1-2H3,(H3,19,20,21);1H. The zero-order valence-electron chi connectivity index (χ0n) is 13.4. The molecule has 2 atom stereocenters.